The SMILES string of the molecule is CCn1nc(C(=O)NCC2CCC(C)CC2)c(C)c1-c1cnc(CC(C)(C)C)cc1OC(F)F. The van der Waals surface area contributed by atoms with Crippen LogP contribution >= 0.6 is 0 Å². The Balaban J connectivity index is 1.89. The van der Waals surface area contributed by atoms with Gasteiger partial charge in [-0.15, -0.1) is 0 Å². The van der Waals surface area contributed by atoms with E-state index in [1.54, 1.807) is 23.9 Å². The molecule has 0 atom stereocenters. The minimum atomic E-state index is -2.97. The monoisotopic (exact) mass is 476 g/mol. The molecule has 1 saturated carbocycles. The van der Waals surface area contributed by atoms with Crippen LogP contribution in [0.2, 0.25) is 0 Å². The van der Waals surface area contributed by atoms with Crippen molar-refractivity contribution in [2.45, 2.75) is 86.8 Å². The molecule has 1 aliphatic rings. The summed E-state index contributed by atoms with van der Waals surface area (Å²) < 4.78 is 33.1. The number of nitrogens with zero attached hydrogens (tertiary/aromatic N) is 3. The fourth-order valence-electron chi connectivity index (χ4n) is 4.68. The Morgan fingerprint density at radius 1 is 1.26 bits per heavy atom. The Labute approximate surface area is 201 Å². The van der Waals surface area contributed by atoms with Gasteiger partial charge in [-0.2, -0.15) is 13.9 Å². The van der Waals surface area contributed by atoms with E-state index in [4.69, 9.17) is 4.74 Å². The highest BCUT2D eigenvalue weighted by Crippen LogP contribution is 2.36. The smallest absolute Gasteiger partial charge is 0.387 e. The summed E-state index contributed by atoms with van der Waals surface area (Å²) in [5.41, 5.74) is 2.53. The lowest BCUT2D eigenvalue weighted by Gasteiger charge is -2.26. The molecule has 0 saturated heterocycles. The summed E-state index contributed by atoms with van der Waals surface area (Å²) in [4.78, 5) is 17.5. The van der Waals surface area contributed by atoms with Crippen molar-refractivity contribution in [3.8, 4) is 17.0 Å². The molecule has 8 heteroatoms. The first-order valence-corrected chi connectivity index (χ1v) is 12.3. The van der Waals surface area contributed by atoms with Gasteiger partial charge in [-0.25, -0.2) is 0 Å². The van der Waals surface area contributed by atoms with Gasteiger partial charge in [-0.05, 0) is 50.4 Å². The highest BCUT2D eigenvalue weighted by atomic mass is 19.3. The van der Waals surface area contributed by atoms with Crippen LogP contribution in [0.1, 0.15) is 82.0 Å². The van der Waals surface area contributed by atoms with E-state index in [0.717, 1.165) is 18.8 Å². The van der Waals surface area contributed by atoms with Crippen LogP contribution in [0.3, 0.4) is 0 Å². The molecular weight excluding hydrogens is 438 g/mol. The average molecular weight is 477 g/mol. The second-order valence-electron chi connectivity index (χ2n) is 10.8. The van der Waals surface area contributed by atoms with Crippen molar-refractivity contribution in [1.82, 2.24) is 20.1 Å². The van der Waals surface area contributed by atoms with Crippen LogP contribution in [0.25, 0.3) is 11.3 Å². The average Bonchev–Trinajstić information content (AvgIpc) is 3.08. The zero-order valence-corrected chi connectivity index (χ0v) is 21.3. The van der Waals surface area contributed by atoms with Gasteiger partial charge in [0, 0.05) is 36.6 Å². The molecule has 188 valence electrons. The van der Waals surface area contributed by atoms with Gasteiger partial charge in [0.25, 0.3) is 5.91 Å². The third-order valence-electron chi connectivity index (χ3n) is 6.50. The van der Waals surface area contributed by atoms with E-state index in [1.165, 1.54) is 12.8 Å². The summed E-state index contributed by atoms with van der Waals surface area (Å²) >= 11 is 0. The summed E-state index contributed by atoms with van der Waals surface area (Å²) in [5.74, 6) is 1.05. The standard InChI is InChI=1S/C26H38F2N4O2/c1-7-32-23(20-15-29-19(13-26(4,5)6)12-21(20)34-25(27)28)17(3)22(31-32)24(33)30-14-18-10-8-16(2)9-11-18/h12,15-16,18,25H,7-11,13-14H2,1-6H3,(H,30,33). The number of ether oxygens (including phenoxy) is 1. The molecule has 0 bridgehead atoms. The fourth-order valence-corrected chi connectivity index (χ4v) is 4.68. The maximum Gasteiger partial charge on any atom is 0.387 e. The number of nitrogens with one attached hydrogen (secondary N) is 1. The largest absolute Gasteiger partial charge is 0.434 e. The van der Waals surface area contributed by atoms with Crippen molar-refractivity contribution >= 4 is 5.91 Å². The molecule has 2 aromatic heterocycles. The highest BCUT2D eigenvalue weighted by molar-refractivity contribution is 5.95. The Kier molecular flexibility index (Phi) is 8.31. The topological polar surface area (TPSA) is 69.0 Å². The van der Waals surface area contributed by atoms with E-state index in [-0.39, 0.29) is 17.1 Å². The molecule has 0 radical (unpaired) electrons. The molecule has 34 heavy (non-hydrogen) atoms. The molecule has 0 aromatic carbocycles. The van der Waals surface area contributed by atoms with E-state index in [2.05, 4.69) is 43.1 Å². The summed E-state index contributed by atoms with van der Waals surface area (Å²) in [6, 6.07) is 1.57. The van der Waals surface area contributed by atoms with Gasteiger partial charge in [-0.1, -0.05) is 40.5 Å². The number of amides is 1. The molecular formula is C26H38F2N4O2. The first kappa shape index (κ1) is 26.1. The number of carbonyl (C=O) groups excluding carboxylic acids is 1. The highest BCUT2D eigenvalue weighted by Gasteiger charge is 2.26. The molecule has 1 amide bonds. The second-order valence-corrected chi connectivity index (χ2v) is 10.8. The van der Waals surface area contributed by atoms with Crippen LogP contribution in [-0.2, 0) is 13.0 Å². The van der Waals surface area contributed by atoms with E-state index < -0.39 is 6.61 Å². The van der Waals surface area contributed by atoms with Gasteiger partial charge in [0.2, 0.25) is 0 Å². The number of pyridine rings is 1. The number of halogens is 2. The molecule has 1 fully saturated rings. The number of aromatic nitrogens is 3. The van der Waals surface area contributed by atoms with Crippen molar-refractivity contribution in [3.05, 3.63) is 29.2 Å². The lowest BCUT2D eigenvalue weighted by Crippen LogP contribution is -2.31. The molecule has 6 nitrogen and oxygen atoms in total. The van der Waals surface area contributed by atoms with Gasteiger partial charge in [0.1, 0.15) is 5.75 Å². The van der Waals surface area contributed by atoms with Crippen LogP contribution in [0, 0.1) is 24.2 Å². The van der Waals surface area contributed by atoms with Gasteiger partial charge in [0.05, 0.1) is 11.3 Å². The Hall–Kier alpha value is -2.51. The number of aryl methyl sites for hydroxylation is 1. The van der Waals surface area contributed by atoms with Crippen molar-refractivity contribution in [2.24, 2.45) is 17.3 Å². The van der Waals surface area contributed by atoms with Crippen LogP contribution in [-0.4, -0.2) is 33.8 Å². The predicted molar refractivity (Wildman–Crippen MR) is 129 cm³/mol. The van der Waals surface area contributed by atoms with E-state index in [0.29, 0.717) is 53.6 Å². The Morgan fingerprint density at radius 3 is 2.53 bits per heavy atom. The van der Waals surface area contributed by atoms with Crippen LogP contribution in [0.5, 0.6) is 5.75 Å². The first-order chi connectivity index (χ1) is 16.0. The summed E-state index contributed by atoms with van der Waals surface area (Å²) in [6.45, 7) is 10.3. The van der Waals surface area contributed by atoms with Gasteiger partial charge < -0.3 is 10.1 Å². The van der Waals surface area contributed by atoms with Gasteiger partial charge >= 0.3 is 6.61 Å². The summed E-state index contributed by atoms with van der Waals surface area (Å²) in [5, 5.41) is 7.56. The third kappa shape index (κ3) is 6.54. The molecule has 3 rings (SSSR count). The zero-order chi connectivity index (χ0) is 25.0. The van der Waals surface area contributed by atoms with Crippen molar-refractivity contribution in [2.75, 3.05) is 6.54 Å². The molecule has 0 aliphatic heterocycles. The van der Waals surface area contributed by atoms with Gasteiger partial charge in [-0.3, -0.25) is 14.5 Å². The van der Waals surface area contributed by atoms with Crippen molar-refractivity contribution in [1.29, 1.82) is 0 Å². The number of hydrogen-bond donors (Lipinski definition) is 1. The van der Waals surface area contributed by atoms with Crippen LogP contribution in [0.15, 0.2) is 12.3 Å². The fraction of sp³-hybridized carbons (Fsp3) is 0.654. The molecule has 1 aliphatic carbocycles. The molecule has 1 N–H and O–H groups in total. The van der Waals surface area contributed by atoms with E-state index >= 15 is 0 Å². The zero-order valence-electron chi connectivity index (χ0n) is 21.3. The van der Waals surface area contributed by atoms with E-state index in [9.17, 15) is 13.6 Å². The third-order valence-corrected chi connectivity index (χ3v) is 6.50. The Morgan fingerprint density at radius 2 is 1.94 bits per heavy atom. The summed E-state index contributed by atoms with van der Waals surface area (Å²) in [6.07, 6.45) is 6.80. The van der Waals surface area contributed by atoms with Crippen molar-refractivity contribution in [3.63, 3.8) is 0 Å². The quantitative estimate of drug-likeness (QED) is 0.506. The maximum absolute atomic E-state index is 13.3. The first-order valence-electron chi connectivity index (χ1n) is 12.3. The molecule has 0 unspecified atom stereocenters. The van der Waals surface area contributed by atoms with Crippen LogP contribution < -0.4 is 10.1 Å². The minimum absolute atomic E-state index is 0.0465. The van der Waals surface area contributed by atoms with Crippen molar-refractivity contribution < 1.29 is 18.3 Å². The number of rotatable bonds is 8. The van der Waals surface area contributed by atoms with E-state index in [1.807, 2.05) is 6.92 Å². The maximum atomic E-state index is 13.3. The lowest BCUT2D eigenvalue weighted by atomic mass is 9.83. The minimum Gasteiger partial charge on any atom is -0.434 e. The number of hydrogen-bond acceptors (Lipinski definition) is 4. The molecule has 2 heterocycles. The normalized spacial score (nSPS) is 18.9. The summed E-state index contributed by atoms with van der Waals surface area (Å²) in [7, 11) is 0. The number of alkyl halides is 2. The van der Waals surface area contributed by atoms with Gasteiger partial charge in [0.15, 0.2) is 5.69 Å². The lowest BCUT2D eigenvalue weighted by molar-refractivity contribution is -0.0495. The Bertz CT molecular complexity index is 989. The predicted octanol–water partition coefficient (Wildman–Crippen LogP) is 6.02. The molecule has 2 aromatic rings. The molecule has 0 spiro atoms. The van der Waals surface area contributed by atoms with Crippen LogP contribution in [0.4, 0.5) is 8.78 Å². The second kappa shape index (κ2) is 10.8. The number of carbonyl (C=O) groups is 1.